The van der Waals surface area contributed by atoms with Crippen molar-refractivity contribution in [1.82, 2.24) is 14.8 Å². The van der Waals surface area contributed by atoms with E-state index >= 15 is 0 Å². The number of allylic oxidation sites excluding steroid dienone is 3. The lowest BCUT2D eigenvalue weighted by Crippen LogP contribution is -2.70. The van der Waals surface area contributed by atoms with E-state index in [-0.39, 0.29) is 18.1 Å². The molecule has 156 valence electrons. The van der Waals surface area contributed by atoms with Gasteiger partial charge in [0.1, 0.15) is 5.54 Å². The second-order valence-corrected chi connectivity index (χ2v) is 8.00. The van der Waals surface area contributed by atoms with E-state index in [1.807, 2.05) is 32.9 Å². The lowest BCUT2D eigenvalue weighted by Gasteiger charge is -2.52. The molecule has 0 aliphatic carbocycles. The Morgan fingerprint density at radius 3 is 2.86 bits per heavy atom. The summed E-state index contributed by atoms with van der Waals surface area (Å²) in [5.74, 6) is 0.702. The maximum Gasteiger partial charge on any atom is 0.255 e. The molecule has 0 spiro atoms. The molecular formula is C21H28N4O3S. The Kier molecular flexibility index (Phi) is 6.64. The van der Waals surface area contributed by atoms with Crippen LogP contribution < -0.4 is 0 Å². The summed E-state index contributed by atoms with van der Waals surface area (Å²) in [7, 11) is 1.78. The van der Waals surface area contributed by atoms with E-state index in [4.69, 9.17) is 9.73 Å². The fourth-order valence-corrected chi connectivity index (χ4v) is 4.48. The van der Waals surface area contributed by atoms with E-state index < -0.39 is 5.54 Å². The zero-order chi connectivity index (χ0) is 21.0. The second kappa shape index (κ2) is 9.00. The minimum atomic E-state index is -0.755. The topological polar surface area (TPSA) is 75.1 Å². The number of fused-ring (bicyclic) bond motifs is 1. The Hall–Kier alpha value is -2.32. The number of carbonyl (C=O) groups is 2. The number of carbonyl (C=O) groups excluding carboxylic acids is 2. The first-order valence-electron chi connectivity index (χ1n) is 9.99. The molecule has 2 fully saturated rings. The van der Waals surface area contributed by atoms with Crippen molar-refractivity contribution in [3.8, 4) is 0 Å². The minimum Gasteiger partial charge on any atom is -0.377 e. The third-order valence-electron chi connectivity index (χ3n) is 5.43. The van der Waals surface area contributed by atoms with Gasteiger partial charge in [-0.05, 0) is 19.8 Å². The Morgan fingerprint density at radius 2 is 2.24 bits per heavy atom. The minimum absolute atomic E-state index is 0.0200. The molecule has 1 amide bonds. The molecule has 2 aliphatic rings. The molecule has 0 bridgehead atoms. The van der Waals surface area contributed by atoms with Crippen molar-refractivity contribution in [3.05, 3.63) is 40.1 Å². The Balaban J connectivity index is 2.03. The third-order valence-corrected chi connectivity index (χ3v) is 6.24. The maximum atomic E-state index is 13.2. The number of hydrogen-bond acceptors (Lipinski definition) is 6. The summed E-state index contributed by atoms with van der Waals surface area (Å²) >= 11 is 1.34. The largest absolute Gasteiger partial charge is 0.377 e. The standard InChI is InChI=1S/C21H28N4O3S/c1-5-8-15(13-17(26)19-22-9-12-29-19)23-18-16(6-2)24(4)20(27)21(7-3)14-28-11-10-25(18)21/h6,8-9,12H,5,7,10-11,13-14H2,1-4H3/b15-8-,16-6+,23-18+. The van der Waals surface area contributed by atoms with Gasteiger partial charge in [-0.25, -0.2) is 9.98 Å². The van der Waals surface area contributed by atoms with Gasteiger partial charge in [0.05, 0.1) is 25.3 Å². The van der Waals surface area contributed by atoms with Crippen LogP contribution in [0.1, 0.15) is 49.8 Å². The summed E-state index contributed by atoms with van der Waals surface area (Å²) in [4.78, 5) is 38.6. The van der Waals surface area contributed by atoms with Crippen molar-refractivity contribution < 1.29 is 14.3 Å². The van der Waals surface area contributed by atoms with Crippen molar-refractivity contribution in [2.24, 2.45) is 4.99 Å². The van der Waals surface area contributed by atoms with E-state index in [1.165, 1.54) is 11.3 Å². The molecule has 1 aromatic rings. The van der Waals surface area contributed by atoms with Gasteiger partial charge < -0.3 is 14.5 Å². The van der Waals surface area contributed by atoms with Crippen LogP contribution in [-0.4, -0.2) is 64.7 Å². The molecule has 2 aliphatic heterocycles. The number of amides is 1. The molecule has 1 atom stereocenters. The van der Waals surface area contributed by atoms with Gasteiger partial charge >= 0.3 is 0 Å². The van der Waals surface area contributed by atoms with Crippen molar-refractivity contribution in [2.45, 2.75) is 45.6 Å². The Labute approximate surface area is 175 Å². The molecule has 3 heterocycles. The van der Waals surface area contributed by atoms with Crippen molar-refractivity contribution in [2.75, 3.05) is 26.8 Å². The summed E-state index contributed by atoms with van der Waals surface area (Å²) < 4.78 is 5.70. The van der Waals surface area contributed by atoms with Gasteiger partial charge in [-0.3, -0.25) is 9.59 Å². The van der Waals surface area contributed by atoms with Crippen LogP contribution in [0.2, 0.25) is 0 Å². The highest BCUT2D eigenvalue weighted by Crippen LogP contribution is 2.35. The molecule has 0 aromatic carbocycles. The molecule has 8 heteroatoms. The van der Waals surface area contributed by atoms with Crippen LogP contribution in [0.25, 0.3) is 0 Å². The quantitative estimate of drug-likeness (QED) is 0.666. The van der Waals surface area contributed by atoms with Crippen LogP contribution in [0.5, 0.6) is 0 Å². The summed E-state index contributed by atoms with van der Waals surface area (Å²) in [6.07, 6.45) is 7.07. The number of ether oxygens (including phenoxy) is 1. The van der Waals surface area contributed by atoms with E-state index in [0.717, 1.165) is 18.0 Å². The highest BCUT2D eigenvalue weighted by atomic mass is 32.1. The predicted octanol–water partition coefficient (Wildman–Crippen LogP) is 3.27. The van der Waals surface area contributed by atoms with E-state index in [9.17, 15) is 9.59 Å². The summed E-state index contributed by atoms with van der Waals surface area (Å²) in [6, 6.07) is 0. The van der Waals surface area contributed by atoms with Gasteiger partial charge in [0, 0.05) is 30.9 Å². The first kappa shape index (κ1) is 21.4. The number of aromatic nitrogens is 1. The average Bonchev–Trinajstić information content (AvgIpc) is 3.27. The maximum absolute atomic E-state index is 13.2. The molecule has 29 heavy (non-hydrogen) atoms. The first-order chi connectivity index (χ1) is 14.0. The van der Waals surface area contributed by atoms with Crippen molar-refractivity contribution in [3.63, 3.8) is 0 Å². The highest BCUT2D eigenvalue weighted by Gasteiger charge is 2.53. The van der Waals surface area contributed by atoms with Crippen LogP contribution in [0, 0.1) is 0 Å². The van der Waals surface area contributed by atoms with Crippen LogP contribution in [0.3, 0.4) is 0 Å². The number of hydrogen-bond donors (Lipinski definition) is 0. The molecule has 0 N–H and O–H groups in total. The number of likely N-dealkylation sites (N-methyl/N-ethyl adjacent to an activating group) is 1. The van der Waals surface area contributed by atoms with Crippen molar-refractivity contribution in [1.29, 1.82) is 0 Å². The van der Waals surface area contributed by atoms with Gasteiger partial charge in [0.15, 0.2) is 16.6 Å². The fraction of sp³-hybridized carbons (Fsp3) is 0.524. The number of rotatable bonds is 6. The molecular weight excluding hydrogens is 388 g/mol. The van der Waals surface area contributed by atoms with Crippen LogP contribution in [0.15, 0.2) is 40.1 Å². The smallest absolute Gasteiger partial charge is 0.255 e. The zero-order valence-electron chi connectivity index (χ0n) is 17.5. The van der Waals surface area contributed by atoms with Gasteiger partial charge in [-0.1, -0.05) is 26.0 Å². The summed E-state index contributed by atoms with van der Waals surface area (Å²) in [6.45, 7) is 7.39. The Bertz CT molecular complexity index is 859. The number of Topliss-reactive ketones (excluding diaryl/α,β-unsaturated/α-hetero) is 1. The number of morpholine rings is 1. The number of piperazine rings is 1. The van der Waals surface area contributed by atoms with E-state index in [1.54, 1.807) is 23.5 Å². The summed E-state index contributed by atoms with van der Waals surface area (Å²) in [5, 5.41) is 2.29. The molecule has 3 rings (SSSR count). The lowest BCUT2D eigenvalue weighted by atomic mass is 9.88. The number of thiazole rings is 1. The Morgan fingerprint density at radius 1 is 1.45 bits per heavy atom. The van der Waals surface area contributed by atoms with Gasteiger partial charge in [0.25, 0.3) is 5.91 Å². The summed E-state index contributed by atoms with van der Waals surface area (Å²) in [5.41, 5.74) is 0.695. The molecule has 0 radical (unpaired) electrons. The first-order valence-corrected chi connectivity index (χ1v) is 10.9. The number of ketones is 1. The van der Waals surface area contributed by atoms with Gasteiger partial charge in [-0.2, -0.15) is 0 Å². The number of amidine groups is 1. The number of nitrogens with zero attached hydrogens (tertiary/aromatic N) is 4. The molecule has 1 unspecified atom stereocenters. The van der Waals surface area contributed by atoms with Crippen LogP contribution in [0.4, 0.5) is 0 Å². The van der Waals surface area contributed by atoms with Crippen molar-refractivity contribution >= 4 is 28.9 Å². The van der Waals surface area contributed by atoms with E-state index in [2.05, 4.69) is 9.88 Å². The lowest BCUT2D eigenvalue weighted by molar-refractivity contribution is -0.151. The third kappa shape index (κ3) is 3.91. The average molecular weight is 417 g/mol. The predicted molar refractivity (Wildman–Crippen MR) is 114 cm³/mol. The van der Waals surface area contributed by atoms with E-state index in [0.29, 0.717) is 36.9 Å². The zero-order valence-corrected chi connectivity index (χ0v) is 18.3. The SMILES string of the molecule is C\C=C1/C(=N\C(=C/CC)CC(=O)c2nccs2)N2CCOCC2(CC)C(=O)N1C. The monoisotopic (exact) mass is 416 g/mol. The molecule has 2 saturated heterocycles. The normalized spacial score (nSPS) is 25.7. The molecule has 1 aromatic heterocycles. The second-order valence-electron chi connectivity index (χ2n) is 7.10. The number of aliphatic imine (C=N–C) groups is 1. The van der Waals surface area contributed by atoms with Gasteiger partial charge in [0.2, 0.25) is 0 Å². The van der Waals surface area contributed by atoms with Crippen LogP contribution >= 0.6 is 11.3 Å². The molecule has 7 nitrogen and oxygen atoms in total. The highest BCUT2D eigenvalue weighted by molar-refractivity contribution is 7.11. The molecule has 0 saturated carbocycles. The fourth-order valence-electron chi connectivity index (χ4n) is 3.90. The van der Waals surface area contributed by atoms with Crippen LogP contribution in [-0.2, 0) is 9.53 Å². The van der Waals surface area contributed by atoms with Gasteiger partial charge in [-0.15, -0.1) is 11.3 Å².